The molecule has 0 bridgehead atoms. The number of anilines is 2. The van der Waals surface area contributed by atoms with Crippen molar-refractivity contribution in [1.29, 1.82) is 0 Å². The highest BCUT2D eigenvalue weighted by Gasteiger charge is 2.12. The number of halogens is 1. The number of aromatic nitrogens is 2. The molecule has 112 valence electrons. The Morgan fingerprint density at radius 3 is 2.62 bits per heavy atom. The first-order valence-electron chi connectivity index (χ1n) is 7.29. The van der Waals surface area contributed by atoms with E-state index in [1.165, 1.54) is 5.56 Å². The maximum atomic E-state index is 4.63. The molecule has 0 aliphatic rings. The average Bonchev–Trinajstić information content (AvgIpc) is 2.53. The molecule has 5 heteroatoms. The monoisotopic (exact) mass is 348 g/mol. The molecule has 0 unspecified atom stereocenters. The van der Waals surface area contributed by atoms with Gasteiger partial charge in [0, 0.05) is 25.8 Å². The van der Waals surface area contributed by atoms with Gasteiger partial charge in [-0.2, -0.15) is 4.98 Å². The van der Waals surface area contributed by atoms with Gasteiger partial charge in [0.25, 0.3) is 0 Å². The summed E-state index contributed by atoms with van der Waals surface area (Å²) in [6.45, 7) is 6.86. The van der Waals surface area contributed by atoms with Crippen molar-refractivity contribution in [3.05, 3.63) is 46.6 Å². The summed E-state index contributed by atoms with van der Waals surface area (Å²) in [7, 11) is 0. The normalized spacial score (nSPS) is 10.4. The number of nitrogens with one attached hydrogen (secondary N) is 1. The van der Waals surface area contributed by atoms with Crippen molar-refractivity contribution in [1.82, 2.24) is 9.97 Å². The van der Waals surface area contributed by atoms with E-state index < -0.39 is 0 Å². The molecule has 0 aliphatic carbocycles. The van der Waals surface area contributed by atoms with Crippen LogP contribution in [0.4, 0.5) is 11.8 Å². The zero-order valence-electron chi connectivity index (χ0n) is 12.5. The Morgan fingerprint density at radius 2 is 1.95 bits per heavy atom. The fourth-order valence-electron chi connectivity index (χ4n) is 2.04. The van der Waals surface area contributed by atoms with Crippen LogP contribution in [0.15, 0.2) is 41.0 Å². The van der Waals surface area contributed by atoms with Gasteiger partial charge in [-0.05, 0) is 34.8 Å². The van der Waals surface area contributed by atoms with Gasteiger partial charge in [-0.1, -0.05) is 37.3 Å². The first-order chi connectivity index (χ1) is 10.2. The Labute approximate surface area is 134 Å². The number of hydrogen-bond acceptors (Lipinski definition) is 4. The zero-order chi connectivity index (χ0) is 15.1. The molecule has 1 N–H and O–H groups in total. The summed E-state index contributed by atoms with van der Waals surface area (Å²) < 4.78 is 0.919. The molecule has 2 rings (SSSR count). The van der Waals surface area contributed by atoms with Crippen LogP contribution < -0.4 is 10.2 Å². The standard InChI is InChI=1S/C16H21BrN4/c1-3-10-18-16-19-11-14(17)15(20-16)21(4-2)12-13-8-6-5-7-9-13/h5-9,11H,3-4,10,12H2,1-2H3,(H,18,19,20). The van der Waals surface area contributed by atoms with E-state index in [1.54, 1.807) is 0 Å². The second-order valence-corrected chi connectivity index (χ2v) is 5.65. The van der Waals surface area contributed by atoms with Crippen LogP contribution in [0.2, 0.25) is 0 Å². The molecule has 0 saturated heterocycles. The van der Waals surface area contributed by atoms with Gasteiger partial charge in [-0.3, -0.25) is 0 Å². The minimum atomic E-state index is 0.682. The van der Waals surface area contributed by atoms with Gasteiger partial charge < -0.3 is 10.2 Å². The summed E-state index contributed by atoms with van der Waals surface area (Å²) in [5, 5.41) is 3.24. The number of rotatable bonds is 7. The van der Waals surface area contributed by atoms with Crippen LogP contribution in [-0.4, -0.2) is 23.1 Å². The molecule has 1 aromatic carbocycles. The number of hydrogen-bond donors (Lipinski definition) is 1. The van der Waals surface area contributed by atoms with Gasteiger partial charge in [-0.25, -0.2) is 4.98 Å². The van der Waals surface area contributed by atoms with E-state index in [2.05, 4.69) is 74.2 Å². The fourth-order valence-corrected chi connectivity index (χ4v) is 2.48. The second kappa shape index (κ2) is 7.98. The van der Waals surface area contributed by atoms with E-state index in [-0.39, 0.29) is 0 Å². The molecular formula is C16H21BrN4. The molecule has 0 spiro atoms. The molecule has 4 nitrogen and oxygen atoms in total. The van der Waals surface area contributed by atoms with Crippen molar-refractivity contribution in [2.45, 2.75) is 26.8 Å². The molecule has 0 aliphatic heterocycles. The van der Waals surface area contributed by atoms with Crippen molar-refractivity contribution in [2.75, 3.05) is 23.3 Å². The Bertz CT molecular complexity index is 559. The fraction of sp³-hybridized carbons (Fsp3) is 0.375. The Morgan fingerprint density at radius 1 is 1.19 bits per heavy atom. The van der Waals surface area contributed by atoms with Crippen LogP contribution >= 0.6 is 15.9 Å². The lowest BCUT2D eigenvalue weighted by Gasteiger charge is -2.23. The van der Waals surface area contributed by atoms with Crippen LogP contribution in [0.1, 0.15) is 25.8 Å². The Balaban J connectivity index is 2.20. The third-order valence-corrected chi connectivity index (χ3v) is 3.72. The molecule has 0 radical (unpaired) electrons. The summed E-state index contributed by atoms with van der Waals surface area (Å²) in [5.74, 6) is 1.61. The largest absolute Gasteiger partial charge is 0.354 e. The molecule has 0 atom stereocenters. The third-order valence-electron chi connectivity index (χ3n) is 3.16. The van der Waals surface area contributed by atoms with Crippen molar-refractivity contribution < 1.29 is 0 Å². The highest BCUT2D eigenvalue weighted by atomic mass is 79.9. The second-order valence-electron chi connectivity index (χ2n) is 4.79. The maximum Gasteiger partial charge on any atom is 0.224 e. The Kier molecular flexibility index (Phi) is 5.99. The van der Waals surface area contributed by atoms with Crippen LogP contribution in [0, 0.1) is 0 Å². The van der Waals surface area contributed by atoms with Crippen LogP contribution in [0.5, 0.6) is 0 Å². The van der Waals surface area contributed by atoms with Gasteiger partial charge in [0.05, 0.1) is 4.47 Å². The predicted molar refractivity (Wildman–Crippen MR) is 91.7 cm³/mol. The van der Waals surface area contributed by atoms with Crippen molar-refractivity contribution in [3.63, 3.8) is 0 Å². The predicted octanol–water partition coefficient (Wildman–Crippen LogP) is 4.09. The molecule has 1 aromatic heterocycles. The summed E-state index contributed by atoms with van der Waals surface area (Å²) in [5.41, 5.74) is 1.27. The summed E-state index contributed by atoms with van der Waals surface area (Å²) in [6, 6.07) is 10.4. The summed E-state index contributed by atoms with van der Waals surface area (Å²) >= 11 is 3.56. The molecule has 0 fully saturated rings. The lowest BCUT2D eigenvalue weighted by atomic mass is 10.2. The number of benzene rings is 1. The molecule has 0 saturated carbocycles. The summed E-state index contributed by atoms with van der Waals surface area (Å²) in [6.07, 6.45) is 2.87. The molecule has 21 heavy (non-hydrogen) atoms. The van der Waals surface area contributed by atoms with E-state index in [1.807, 2.05) is 12.3 Å². The van der Waals surface area contributed by atoms with Gasteiger partial charge >= 0.3 is 0 Å². The van der Waals surface area contributed by atoms with Crippen molar-refractivity contribution >= 4 is 27.7 Å². The SMILES string of the molecule is CCCNc1ncc(Br)c(N(CC)Cc2ccccc2)n1. The van der Waals surface area contributed by atoms with E-state index in [0.29, 0.717) is 5.95 Å². The molecule has 0 amide bonds. The highest BCUT2D eigenvalue weighted by molar-refractivity contribution is 9.10. The Hall–Kier alpha value is -1.62. The van der Waals surface area contributed by atoms with Crippen LogP contribution in [0.3, 0.4) is 0 Å². The van der Waals surface area contributed by atoms with Gasteiger partial charge in [0.2, 0.25) is 5.95 Å². The van der Waals surface area contributed by atoms with E-state index in [9.17, 15) is 0 Å². The van der Waals surface area contributed by atoms with E-state index in [0.717, 1.165) is 36.3 Å². The zero-order valence-corrected chi connectivity index (χ0v) is 14.1. The topological polar surface area (TPSA) is 41.1 Å². The molecule has 1 heterocycles. The van der Waals surface area contributed by atoms with E-state index in [4.69, 9.17) is 0 Å². The van der Waals surface area contributed by atoms with Crippen LogP contribution in [-0.2, 0) is 6.54 Å². The number of nitrogens with zero attached hydrogens (tertiary/aromatic N) is 3. The van der Waals surface area contributed by atoms with E-state index >= 15 is 0 Å². The average molecular weight is 349 g/mol. The first-order valence-corrected chi connectivity index (χ1v) is 8.09. The van der Waals surface area contributed by atoms with Gasteiger partial charge in [0.1, 0.15) is 5.82 Å². The minimum absolute atomic E-state index is 0.682. The van der Waals surface area contributed by atoms with Crippen molar-refractivity contribution in [3.8, 4) is 0 Å². The van der Waals surface area contributed by atoms with Crippen molar-refractivity contribution in [2.24, 2.45) is 0 Å². The maximum absolute atomic E-state index is 4.63. The first kappa shape index (κ1) is 15.8. The van der Waals surface area contributed by atoms with Gasteiger partial charge in [0.15, 0.2) is 0 Å². The molecular weight excluding hydrogens is 328 g/mol. The minimum Gasteiger partial charge on any atom is -0.354 e. The summed E-state index contributed by atoms with van der Waals surface area (Å²) in [4.78, 5) is 11.2. The highest BCUT2D eigenvalue weighted by Crippen LogP contribution is 2.25. The molecule has 2 aromatic rings. The third kappa shape index (κ3) is 4.43. The van der Waals surface area contributed by atoms with Crippen LogP contribution in [0.25, 0.3) is 0 Å². The van der Waals surface area contributed by atoms with Gasteiger partial charge in [-0.15, -0.1) is 0 Å². The quantitative estimate of drug-likeness (QED) is 0.818. The smallest absolute Gasteiger partial charge is 0.224 e. The lowest BCUT2D eigenvalue weighted by molar-refractivity contribution is 0.805. The lowest BCUT2D eigenvalue weighted by Crippen LogP contribution is -2.24.